The van der Waals surface area contributed by atoms with Crippen LogP contribution in [0.4, 0.5) is 5.82 Å². The molecule has 17 heavy (non-hydrogen) atoms. The number of alkyl halides is 2. The number of nitrogens with two attached hydrogens (primary N) is 1. The molecular formula is C12H19Cl2N3. The molecule has 0 radical (unpaired) electrons. The van der Waals surface area contributed by atoms with Crippen LogP contribution in [0, 0.1) is 0 Å². The van der Waals surface area contributed by atoms with Gasteiger partial charge in [-0.2, -0.15) is 0 Å². The molecule has 96 valence electrons. The average molecular weight is 276 g/mol. The van der Waals surface area contributed by atoms with Crippen molar-refractivity contribution in [1.82, 2.24) is 9.97 Å². The van der Waals surface area contributed by atoms with E-state index in [1.54, 1.807) is 0 Å². The SMILES string of the molecule is Nc1nc(CCCCCl)ncc1CCCCCl. The highest BCUT2D eigenvalue weighted by atomic mass is 35.5. The summed E-state index contributed by atoms with van der Waals surface area (Å²) in [4.78, 5) is 8.64. The van der Waals surface area contributed by atoms with Gasteiger partial charge in [0, 0.05) is 29.9 Å². The van der Waals surface area contributed by atoms with Gasteiger partial charge in [-0.3, -0.25) is 0 Å². The molecule has 1 heterocycles. The summed E-state index contributed by atoms with van der Waals surface area (Å²) in [5, 5.41) is 0. The Morgan fingerprint density at radius 1 is 1.00 bits per heavy atom. The molecule has 0 saturated carbocycles. The monoisotopic (exact) mass is 275 g/mol. The van der Waals surface area contributed by atoms with Crippen molar-refractivity contribution in [3.63, 3.8) is 0 Å². The van der Waals surface area contributed by atoms with Gasteiger partial charge in [0.2, 0.25) is 0 Å². The van der Waals surface area contributed by atoms with Gasteiger partial charge < -0.3 is 5.73 Å². The van der Waals surface area contributed by atoms with Gasteiger partial charge in [0.05, 0.1) is 0 Å². The van der Waals surface area contributed by atoms with E-state index in [-0.39, 0.29) is 0 Å². The normalized spacial score (nSPS) is 10.7. The van der Waals surface area contributed by atoms with Crippen molar-refractivity contribution in [2.24, 2.45) is 0 Å². The quantitative estimate of drug-likeness (QED) is 0.586. The molecule has 0 unspecified atom stereocenters. The van der Waals surface area contributed by atoms with Gasteiger partial charge in [-0.05, 0) is 32.1 Å². The summed E-state index contributed by atoms with van der Waals surface area (Å²) in [5.41, 5.74) is 6.92. The van der Waals surface area contributed by atoms with Crippen molar-refractivity contribution < 1.29 is 0 Å². The summed E-state index contributed by atoms with van der Waals surface area (Å²) in [6.07, 6.45) is 7.62. The van der Waals surface area contributed by atoms with Gasteiger partial charge in [0.15, 0.2) is 0 Å². The molecule has 2 N–H and O–H groups in total. The number of unbranched alkanes of at least 4 members (excludes halogenated alkanes) is 2. The third-order valence-electron chi connectivity index (χ3n) is 2.56. The van der Waals surface area contributed by atoms with E-state index < -0.39 is 0 Å². The van der Waals surface area contributed by atoms with Gasteiger partial charge in [0.25, 0.3) is 0 Å². The Bertz CT molecular complexity index is 332. The molecule has 0 aliphatic rings. The van der Waals surface area contributed by atoms with E-state index in [9.17, 15) is 0 Å². The van der Waals surface area contributed by atoms with Crippen molar-refractivity contribution in [2.75, 3.05) is 17.5 Å². The second-order valence-corrected chi connectivity index (χ2v) is 4.74. The third-order valence-corrected chi connectivity index (χ3v) is 3.10. The maximum atomic E-state index is 5.90. The highest BCUT2D eigenvalue weighted by molar-refractivity contribution is 6.18. The maximum Gasteiger partial charge on any atom is 0.130 e. The lowest BCUT2D eigenvalue weighted by atomic mass is 10.1. The number of hydrogen-bond acceptors (Lipinski definition) is 3. The van der Waals surface area contributed by atoms with Crippen LogP contribution in [0.2, 0.25) is 0 Å². The van der Waals surface area contributed by atoms with Crippen LogP contribution in [0.25, 0.3) is 0 Å². The maximum absolute atomic E-state index is 5.90. The second-order valence-electron chi connectivity index (χ2n) is 3.99. The first kappa shape index (κ1) is 14.5. The van der Waals surface area contributed by atoms with E-state index in [4.69, 9.17) is 28.9 Å². The van der Waals surface area contributed by atoms with Crippen molar-refractivity contribution in [2.45, 2.75) is 38.5 Å². The number of rotatable bonds is 8. The van der Waals surface area contributed by atoms with Crippen LogP contribution in [0.1, 0.15) is 37.1 Å². The largest absolute Gasteiger partial charge is 0.383 e. The standard InChI is InChI=1S/C12H19Cl2N3/c13-7-3-1-5-10-9-16-11(17-12(10)15)6-2-4-8-14/h9H,1-8H2,(H2,15,16,17). The van der Waals surface area contributed by atoms with E-state index in [0.29, 0.717) is 17.6 Å². The summed E-state index contributed by atoms with van der Waals surface area (Å²) < 4.78 is 0. The first-order valence-electron chi connectivity index (χ1n) is 6.00. The number of nitrogens with zero attached hydrogens (tertiary/aromatic N) is 2. The highest BCUT2D eigenvalue weighted by Crippen LogP contribution is 2.12. The number of halogens is 2. The summed E-state index contributed by atoms with van der Waals surface area (Å²) in [6.45, 7) is 0. The molecule has 0 fully saturated rings. The smallest absolute Gasteiger partial charge is 0.130 e. The van der Waals surface area contributed by atoms with Crippen molar-refractivity contribution in [3.8, 4) is 0 Å². The number of aryl methyl sites for hydroxylation is 2. The lowest BCUT2D eigenvalue weighted by Gasteiger charge is -2.06. The fourth-order valence-electron chi connectivity index (χ4n) is 1.56. The van der Waals surface area contributed by atoms with E-state index in [0.717, 1.165) is 49.9 Å². The Labute approximate surface area is 113 Å². The molecular weight excluding hydrogens is 257 g/mol. The number of hydrogen-bond donors (Lipinski definition) is 1. The minimum Gasteiger partial charge on any atom is -0.383 e. The Kier molecular flexibility index (Phi) is 7.29. The molecule has 0 bridgehead atoms. The van der Waals surface area contributed by atoms with Crippen LogP contribution < -0.4 is 5.73 Å². The zero-order chi connectivity index (χ0) is 12.5. The van der Waals surface area contributed by atoms with Crippen LogP contribution in [-0.2, 0) is 12.8 Å². The zero-order valence-corrected chi connectivity index (χ0v) is 11.5. The molecule has 1 aromatic rings. The number of nitrogen functional groups attached to an aromatic ring is 1. The topological polar surface area (TPSA) is 51.8 Å². The lowest BCUT2D eigenvalue weighted by Crippen LogP contribution is -2.04. The van der Waals surface area contributed by atoms with E-state index in [1.165, 1.54) is 0 Å². The summed E-state index contributed by atoms with van der Waals surface area (Å²) in [7, 11) is 0. The van der Waals surface area contributed by atoms with Crippen molar-refractivity contribution in [3.05, 3.63) is 17.6 Å². The lowest BCUT2D eigenvalue weighted by molar-refractivity contribution is 0.746. The molecule has 0 amide bonds. The Balaban J connectivity index is 2.47. The second kappa shape index (κ2) is 8.54. The fraction of sp³-hybridized carbons (Fsp3) is 0.667. The fourth-order valence-corrected chi connectivity index (χ4v) is 1.94. The van der Waals surface area contributed by atoms with Crippen LogP contribution >= 0.6 is 23.2 Å². The summed E-state index contributed by atoms with van der Waals surface area (Å²) in [6, 6.07) is 0. The average Bonchev–Trinajstić information content (AvgIpc) is 2.32. The van der Waals surface area contributed by atoms with Crippen molar-refractivity contribution in [1.29, 1.82) is 0 Å². The first-order valence-corrected chi connectivity index (χ1v) is 7.07. The van der Waals surface area contributed by atoms with Crippen molar-refractivity contribution >= 4 is 29.0 Å². The molecule has 0 aliphatic carbocycles. The minimum absolute atomic E-state index is 0.607. The van der Waals surface area contributed by atoms with Gasteiger partial charge in [-0.15, -0.1) is 23.2 Å². The molecule has 0 saturated heterocycles. The van der Waals surface area contributed by atoms with E-state index in [1.807, 2.05) is 6.20 Å². The number of aromatic nitrogens is 2. The Morgan fingerprint density at radius 3 is 2.24 bits per heavy atom. The molecule has 0 aliphatic heterocycles. The highest BCUT2D eigenvalue weighted by Gasteiger charge is 2.04. The first-order chi connectivity index (χ1) is 8.27. The molecule has 0 spiro atoms. The molecule has 3 nitrogen and oxygen atoms in total. The minimum atomic E-state index is 0.607. The summed E-state index contributed by atoms with van der Waals surface area (Å²) in [5.74, 6) is 2.80. The zero-order valence-electron chi connectivity index (χ0n) is 9.96. The Morgan fingerprint density at radius 2 is 1.65 bits per heavy atom. The third kappa shape index (κ3) is 5.55. The van der Waals surface area contributed by atoms with Gasteiger partial charge in [0.1, 0.15) is 11.6 Å². The van der Waals surface area contributed by atoms with E-state index in [2.05, 4.69) is 9.97 Å². The van der Waals surface area contributed by atoms with Gasteiger partial charge in [-0.25, -0.2) is 9.97 Å². The number of anilines is 1. The van der Waals surface area contributed by atoms with Crippen LogP contribution in [0.5, 0.6) is 0 Å². The molecule has 0 atom stereocenters. The summed E-state index contributed by atoms with van der Waals surface area (Å²) >= 11 is 11.2. The molecule has 1 rings (SSSR count). The van der Waals surface area contributed by atoms with Gasteiger partial charge >= 0.3 is 0 Å². The molecule has 0 aromatic carbocycles. The van der Waals surface area contributed by atoms with Crippen LogP contribution in [0.15, 0.2) is 6.20 Å². The molecule has 5 heteroatoms. The predicted molar refractivity (Wildman–Crippen MR) is 73.8 cm³/mol. The van der Waals surface area contributed by atoms with Crippen LogP contribution in [0.3, 0.4) is 0 Å². The Hall–Kier alpha value is -0.540. The predicted octanol–water partition coefficient (Wildman–Crippen LogP) is 3.18. The van der Waals surface area contributed by atoms with Crippen LogP contribution in [-0.4, -0.2) is 21.7 Å². The molecule has 1 aromatic heterocycles. The van der Waals surface area contributed by atoms with E-state index >= 15 is 0 Å². The van der Waals surface area contributed by atoms with Gasteiger partial charge in [-0.1, -0.05) is 0 Å².